The van der Waals surface area contributed by atoms with Crippen LogP contribution in [0.4, 0.5) is 0 Å². The first-order valence-corrected chi connectivity index (χ1v) is 32.1. The van der Waals surface area contributed by atoms with Crippen molar-refractivity contribution in [2.24, 2.45) is 10.3 Å². The number of carbonyl (C=O) groups is 6. The van der Waals surface area contributed by atoms with Gasteiger partial charge in [0.05, 0.1) is 55.5 Å². The average Bonchev–Trinajstić information content (AvgIpc) is 0.954. The van der Waals surface area contributed by atoms with E-state index in [0.717, 1.165) is 64.6 Å². The van der Waals surface area contributed by atoms with Crippen LogP contribution in [0, 0.1) is 0 Å². The van der Waals surface area contributed by atoms with Gasteiger partial charge in [-0.25, -0.2) is 28.8 Å². The molecule has 0 heterocycles. The Morgan fingerprint density at radius 2 is 0.510 bits per heavy atom. The van der Waals surface area contributed by atoms with E-state index >= 15 is 0 Å². The van der Waals surface area contributed by atoms with Gasteiger partial charge in [-0.2, -0.15) is 0 Å². The van der Waals surface area contributed by atoms with E-state index in [1.54, 1.807) is 72.8 Å². The van der Waals surface area contributed by atoms with E-state index < -0.39 is 69.9 Å². The van der Waals surface area contributed by atoms with Gasteiger partial charge in [-0.3, -0.25) is 0 Å². The molecular formula is C78H60Br2N2O14. The Kier molecular flexibility index (Phi) is 21.9. The molecule has 6 atom stereocenters. The van der Waals surface area contributed by atoms with Crippen molar-refractivity contribution < 1.29 is 66.9 Å². The zero-order valence-corrected chi connectivity index (χ0v) is 54.8. The Morgan fingerprint density at radius 1 is 0.302 bits per heavy atom. The van der Waals surface area contributed by atoms with Crippen LogP contribution >= 0.6 is 31.9 Å². The lowest BCUT2D eigenvalue weighted by atomic mass is 10.1. The predicted octanol–water partition coefficient (Wildman–Crippen LogP) is 16.3. The standard InChI is InChI=1S/2C39H30BrNO7/c2*1-45-41-23-35(47-38(43)32-18-15-26-9-3-6-12-29(26)21-32)36(48-39(44)33-19-16-27-10-4-7-13-30(27)22-33)34(40)24-46-37(42)31-17-14-25-8-2-5-11-28(25)20-31/h2*2-23,34-36H,24H2,1H3/b2*41-23+/t2*34-,35+,36+/m11/s1. The van der Waals surface area contributed by atoms with Crippen molar-refractivity contribution in [3.63, 3.8) is 0 Å². The second kappa shape index (κ2) is 31.7. The Labute approximate surface area is 568 Å². The van der Waals surface area contributed by atoms with Gasteiger partial charge < -0.3 is 38.1 Å². The van der Waals surface area contributed by atoms with Gasteiger partial charge in [-0.15, -0.1) is 0 Å². The largest absolute Gasteiger partial charge is 0.461 e. The van der Waals surface area contributed by atoms with Gasteiger partial charge in [0.25, 0.3) is 0 Å². The van der Waals surface area contributed by atoms with Crippen LogP contribution in [-0.2, 0) is 38.1 Å². The highest BCUT2D eigenvalue weighted by Gasteiger charge is 2.38. The van der Waals surface area contributed by atoms with E-state index in [-0.39, 0.29) is 35.5 Å². The zero-order chi connectivity index (χ0) is 66.9. The number of hydrogen-bond donors (Lipinski definition) is 0. The van der Waals surface area contributed by atoms with Crippen molar-refractivity contribution >= 4 is 145 Å². The van der Waals surface area contributed by atoms with Gasteiger partial charge >= 0.3 is 35.8 Å². The monoisotopic (exact) mass is 1410 g/mol. The van der Waals surface area contributed by atoms with Crippen LogP contribution in [0.5, 0.6) is 0 Å². The summed E-state index contributed by atoms with van der Waals surface area (Å²) in [6, 6.07) is 77.2. The fourth-order valence-corrected chi connectivity index (χ4v) is 11.7. The van der Waals surface area contributed by atoms with Crippen LogP contribution in [0.15, 0.2) is 265 Å². The summed E-state index contributed by atoms with van der Waals surface area (Å²) in [7, 11) is 2.68. The molecule has 0 aliphatic rings. The summed E-state index contributed by atoms with van der Waals surface area (Å²) in [5, 5.41) is 18.7. The molecule has 0 aliphatic heterocycles. The van der Waals surface area contributed by atoms with Crippen LogP contribution in [0.25, 0.3) is 64.6 Å². The van der Waals surface area contributed by atoms with Crippen molar-refractivity contribution in [2.75, 3.05) is 27.4 Å². The molecule has 0 N–H and O–H groups in total. The lowest BCUT2D eigenvalue weighted by molar-refractivity contribution is -0.0209. The number of halogens is 2. The summed E-state index contributed by atoms with van der Waals surface area (Å²) in [6.07, 6.45) is -2.41. The topological polar surface area (TPSA) is 201 Å². The highest BCUT2D eigenvalue weighted by molar-refractivity contribution is 9.09. The molecule has 0 bridgehead atoms. The summed E-state index contributed by atoms with van der Waals surface area (Å²) in [5.41, 5.74) is 1.87. The maximum Gasteiger partial charge on any atom is 0.338 e. The van der Waals surface area contributed by atoms with Crippen LogP contribution in [-0.4, -0.2) is 110 Å². The fraction of sp³-hybridized carbons (Fsp3) is 0.128. The molecule has 18 heteroatoms. The minimum atomic E-state index is -1.24. The van der Waals surface area contributed by atoms with Gasteiger partial charge in [0.2, 0.25) is 0 Å². The third-order valence-corrected chi connectivity index (χ3v) is 17.2. The predicted molar refractivity (Wildman–Crippen MR) is 377 cm³/mol. The third-order valence-electron chi connectivity index (χ3n) is 15.6. The van der Waals surface area contributed by atoms with E-state index in [1.807, 2.05) is 182 Å². The molecule has 0 fully saturated rings. The summed E-state index contributed by atoms with van der Waals surface area (Å²) in [4.78, 5) is 88.6. The molecule has 0 saturated carbocycles. The molecule has 0 aliphatic carbocycles. The molecule has 16 nitrogen and oxygen atoms in total. The second-order valence-electron chi connectivity index (χ2n) is 22.0. The number of ether oxygens (including phenoxy) is 6. The van der Waals surface area contributed by atoms with E-state index in [1.165, 1.54) is 26.6 Å². The number of carbonyl (C=O) groups excluding carboxylic acids is 6. The quantitative estimate of drug-likeness (QED) is 0.0204. The van der Waals surface area contributed by atoms with Crippen LogP contribution in [0.3, 0.4) is 0 Å². The molecule has 0 unspecified atom stereocenters. The maximum absolute atomic E-state index is 13.6. The van der Waals surface area contributed by atoms with Crippen LogP contribution in [0.1, 0.15) is 62.1 Å². The van der Waals surface area contributed by atoms with Gasteiger partial charge in [0, 0.05) is 0 Å². The lowest BCUT2D eigenvalue weighted by Gasteiger charge is -2.28. The normalized spacial score (nSPS) is 13.2. The van der Waals surface area contributed by atoms with Crippen molar-refractivity contribution in [3.8, 4) is 0 Å². The van der Waals surface area contributed by atoms with Gasteiger partial charge in [0.1, 0.15) is 27.4 Å². The molecule has 12 rings (SSSR count). The Hall–Kier alpha value is -11.1. The summed E-state index contributed by atoms with van der Waals surface area (Å²) < 4.78 is 35.1. The number of nitrogens with zero attached hydrogens (tertiary/aromatic N) is 2. The Morgan fingerprint density at radius 3 is 0.740 bits per heavy atom. The number of benzene rings is 12. The third kappa shape index (κ3) is 16.6. The van der Waals surface area contributed by atoms with Gasteiger partial charge in [0.15, 0.2) is 24.4 Å². The SMILES string of the molecule is CO/N=C/[C@H](OC(=O)c1ccc2ccccc2c1)[C@@H](OC(=O)c1ccc2ccccc2c1)[C@H](Br)COC(=O)c1ccc2ccccc2c1.CO/N=C/[C@H](OC(=O)c1ccc2ccccc2c1)[C@@H](OC(=O)c1ccc2ccccc2c1)[C@H](Br)COC(=O)c1ccc2ccccc2c1. The molecule has 0 radical (unpaired) electrons. The maximum atomic E-state index is 13.6. The van der Waals surface area contributed by atoms with Crippen LogP contribution < -0.4 is 0 Å². The molecular weight excluding hydrogens is 1350 g/mol. The van der Waals surface area contributed by atoms with Crippen LogP contribution in [0.2, 0.25) is 0 Å². The Balaban J connectivity index is 0.000000195. The van der Waals surface area contributed by atoms with Crippen molar-refractivity contribution in [1.82, 2.24) is 0 Å². The summed E-state index contributed by atoms with van der Waals surface area (Å²) in [5.74, 6) is -3.83. The number of rotatable bonds is 22. The average molecular weight is 1410 g/mol. The highest BCUT2D eigenvalue weighted by Crippen LogP contribution is 2.28. The Bertz CT molecular complexity index is 4600. The van der Waals surface area contributed by atoms with Crippen molar-refractivity contribution in [1.29, 1.82) is 0 Å². The number of alkyl halides is 2. The first-order chi connectivity index (χ1) is 46.8. The number of esters is 6. The molecule has 12 aromatic rings. The second-order valence-corrected chi connectivity index (χ2v) is 24.3. The van der Waals surface area contributed by atoms with E-state index in [4.69, 9.17) is 38.1 Å². The zero-order valence-electron chi connectivity index (χ0n) is 51.6. The molecule has 0 aromatic heterocycles. The van der Waals surface area contributed by atoms with E-state index in [0.29, 0.717) is 11.1 Å². The van der Waals surface area contributed by atoms with E-state index in [2.05, 4.69) is 42.2 Å². The number of oxime groups is 2. The first kappa shape index (κ1) is 66.4. The molecule has 96 heavy (non-hydrogen) atoms. The van der Waals surface area contributed by atoms with Crippen molar-refractivity contribution in [3.05, 3.63) is 288 Å². The lowest BCUT2D eigenvalue weighted by Crippen LogP contribution is -2.44. The van der Waals surface area contributed by atoms with Gasteiger partial charge in [-0.05, 0) is 137 Å². The summed E-state index contributed by atoms with van der Waals surface area (Å²) >= 11 is 7.10. The van der Waals surface area contributed by atoms with Gasteiger partial charge in [-0.1, -0.05) is 224 Å². The minimum absolute atomic E-state index is 0.230. The molecule has 0 spiro atoms. The summed E-state index contributed by atoms with van der Waals surface area (Å²) in [6.45, 7) is -0.460. The minimum Gasteiger partial charge on any atom is -0.461 e. The molecule has 480 valence electrons. The number of fused-ring (bicyclic) bond motifs is 6. The smallest absolute Gasteiger partial charge is 0.338 e. The highest BCUT2D eigenvalue weighted by atomic mass is 79.9. The first-order valence-electron chi connectivity index (χ1n) is 30.3. The van der Waals surface area contributed by atoms with E-state index in [9.17, 15) is 28.8 Å². The molecule has 0 amide bonds. The molecule has 0 saturated heterocycles. The number of hydrogen-bond acceptors (Lipinski definition) is 16. The molecule has 12 aromatic carbocycles. The fourth-order valence-electron chi connectivity index (χ4n) is 10.6. The van der Waals surface area contributed by atoms with Crippen molar-refractivity contribution in [2.45, 2.75) is 34.1 Å².